The van der Waals surface area contributed by atoms with Crippen LogP contribution >= 0.6 is 0 Å². The summed E-state index contributed by atoms with van der Waals surface area (Å²) in [7, 11) is 0. The highest BCUT2D eigenvalue weighted by molar-refractivity contribution is 5.86. The molecule has 4 nitrogen and oxygen atoms in total. The van der Waals surface area contributed by atoms with Crippen molar-refractivity contribution in [1.82, 2.24) is 0 Å². The molecule has 0 atom stereocenters. The van der Waals surface area contributed by atoms with E-state index in [1.807, 2.05) is 0 Å². The van der Waals surface area contributed by atoms with Gasteiger partial charge in [-0.25, -0.2) is 4.79 Å². The maximum atomic E-state index is 12.8. The number of hydrogen-bond donors (Lipinski definition) is 2. The molecule has 0 bridgehead atoms. The molecule has 0 saturated heterocycles. The zero-order valence-electron chi connectivity index (χ0n) is 8.51. The molecule has 0 saturated carbocycles. The SMILES string of the molecule is C=C(C)C(=O)OCC(F)(F)C(O)(O)C(F)(F)F. The first kappa shape index (κ1) is 15.8. The summed E-state index contributed by atoms with van der Waals surface area (Å²) in [4.78, 5) is 10.7. The summed E-state index contributed by atoms with van der Waals surface area (Å²) in [6, 6.07) is 0. The summed E-state index contributed by atoms with van der Waals surface area (Å²) in [6.45, 7) is 1.95. The van der Waals surface area contributed by atoms with Crippen LogP contribution in [0.15, 0.2) is 12.2 Å². The summed E-state index contributed by atoms with van der Waals surface area (Å²) in [5.41, 5.74) is -0.325. The van der Waals surface area contributed by atoms with Crippen LogP contribution in [0.2, 0.25) is 0 Å². The molecule has 0 heterocycles. The molecule has 0 aromatic rings. The Kier molecular flexibility index (Phi) is 4.24. The number of rotatable bonds is 4. The average molecular weight is 264 g/mol. The summed E-state index contributed by atoms with van der Waals surface area (Å²) in [5, 5.41) is 16.6. The molecular formula is C8H9F5O4. The molecule has 9 heteroatoms. The highest BCUT2D eigenvalue weighted by atomic mass is 19.4. The zero-order chi connectivity index (χ0) is 14.1. The van der Waals surface area contributed by atoms with Crippen LogP contribution in [0, 0.1) is 0 Å². The monoisotopic (exact) mass is 264 g/mol. The zero-order valence-corrected chi connectivity index (χ0v) is 8.51. The van der Waals surface area contributed by atoms with Gasteiger partial charge in [-0.1, -0.05) is 6.58 Å². The highest BCUT2D eigenvalue weighted by Crippen LogP contribution is 2.40. The number of carbonyl (C=O) groups is 1. The number of ether oxygens (including phenoxy) is 1. The van der Waals surface area contributed by atoms with Gasteiger partial charge in [-0.05, 0) is 6.92 Å². The van der Waals surface area contributed by atoms with Crippen LogP contribution in [0.4, 0.5) is 22.0 Å². The van der Waals surface area contributed by atoms with Gasteiger partial charge in [-0.3, -0.25) is 0 Å². The van der Waals surface area contributed by atoms with Crippen molar-refractivity contribution in [3.8, 4) is 0 Å². The number of hydrogen-bond acceptors (Lipinski definition) is 4. The van der Waals surface area contributed by atoms with E-state index in [1.54, 1.807) is 0 Å². The quantitative estimate of drug-likeness (QED) is 0.344. The van der Waals surface area contributed by atoms with E-state index in [0.717, 1.165) is 6.92 Å². The lowest BCUT2D eigenvalue weighted by Gasteiger charge is -2.31. The van der Waals surface area contributed by atoms with Gasteiger partial charge >= 0.3 is 23.9 Å². The van der Waals surface area contributed by atoms with Crippen LogP contribution in [-0.4, -0.2) is 40.7 Å². The Hall–Kier alpha value is -1.22. The van der Waals surface area contributed by atoms with Crippen molar-refractivity contribution in [3.63, 3.8) is 0 Å². The summed E-state index contributed by atoms with van der Waals surface area (Å²) in [6.07, 6.45) is -5.99. The normalized spacial score (nSPS) is 13.4. The van der Waals surface area contributed by atoms with Crippen molar-refractivity contribution in [2.45, 2.75) is 24.8 Å². The van der Waals surface area contributed by atoms with E-state index in [2.05, 4.69) is 11.3 Å². The van der Waals surface area contributed by atoms with Gasteiger partial charge in [-0.2, -0.15) is 22.0 Å². The number of aliphatic hydroxyl groups is 2. The van der Waals surface area contributed by atoms with E-state index in [-0.39, 0.29) is 5.57 Å². The Balaban J connectivity index is 4.80. The van der Waals surface area contributed by atoms with Crippen LogP contribution in [-0.2, 0) is 9.53 Å². The van der Waals surface area contributed by atoms with Crippen molar-refractivity contribution >= 4 is 5.97 Å². The molecule has 0 aromatic carbocycles. The van der Waals surface area contributed by atoms with Gasteiger partial charge in [0.25, 0.3) is 0 Å². The molecule has 0 rings (SSSR count). The minimum absolute atomic E-state index is 0.325. The molecule has 0 spiro atoms. The minimum Gasteiger partial charge on any atom is -0.456 e. The van der Waals surface area contributed by atoms with Gasteiger partial charge in [0.05, 0.1) is 0 Å². The Morgan fingerprint density at radius 3 is 1.94 bits per heavy atom. The third-order valence-electron chi connectivity index (χ3n) is 1.64. The minimum atomic E-state index is -5.99. The van der Waals surface area contributed by atoms with Gasteiger partial charge < -0.3 is 14.9 Å². The molecular weight excluding hydrogens is 255 g/mol. The van der Waals surface area contributed by atoms with Crippen LogP contribution < -0.4 is 0 Å². The molecule has 0 aromatic heterocycles. The Morgan fingerprint density at radius 1 is 1.24 bits per heavy atom. The van der Waals surface area contributed by atoms with Gasteiger partial charge in [-0.15, -0.1) is 0 Å². The first-order chi connectivity index (χ1) is 7.33. The fourth-order valence-corrected chi connectivity index (χ4v) is 0.587. The number of esters is 1. The molecule has 100 valence electrons. The van der Waals surface area contributed by atoms with E-state index in [9.17, 15) is 26.7 Å². The smallest absolute Gasteiger partial charge is 0.449 e. The number of alkyl halides is 5. The Morgan fingerprint density at radius 2 is 1.65 bits per heavy atom. The molecule has 0 radical (unpaired) electrons. The lowest BCUT2D eigenvalue weighted by Crippen LogP contribution is -2.60. The van der Waals surface area contributed by atoms with Gasteiger partial charge in [0.15, 0.2) is 6.61 Å². The molecule has 2 N–H and O–H groups in total. The predicted octanol–water partition coefficient (Wildman–Crippen LogP) is 0.984. The molecule has 0 aliphatic carbocycles. The lowest BCUT2D eigenvalue weighted by molar-refractivity contribution is -0.419. The molecule has 0 aliphatic rings. The third-order valence-corrected chi connectivity index (χ3v) is 1.64. The van der Waals surface area contributed by atoms with E-state index < -0.39 is 30.5 Å². The van der Waals surface area contributed by atoms with Crippen molar-refractivity contribution < 1.29 is 41.7 Å². The summed E-state index contributed by atoms with van der Waals surface area (Å²) >= 11 is 0. The van der Waals surface area contributed by atoms with Crippen LogP contribution in [0.3, 0.4) is 0 Å². The van der Waals surface area contributed by atoms with Gasteiger partial charge in [0, 0.05) is 5.57 Å². The van der Waals surface area contributed by atoms with Crippen LogP contribution in [0.1, 0.15) is 6.92 Å². The first-order valence-electron chi connectivity index (χ1n) is 4.05. The predicted molar refractivity (Wildman–Crippen MR) is 43.9 cm³/mol. The largest absolute Gasteiger partial charge is 0.456 e. The third kappa shape index (κ3) is 3.37. The van der Waals surface area contributed by atoms with E-state index >= 15 is 0 Å². The van der Waals surface area contributed by atoms with Crippen LogP contribution in [0.25, 0.3) is 0 Å². The fourth-order valence-electron chi connectivity index (χ4n) is 0.587. The molecule has 0 unspecified atom stereocenters. The second-order valence-electron chi connectivity index (χ2n) is 3.23. The Labute approximate surface area is 92.3 Å². The maximum Gasteiger partial charge on any atom is 0.449 e. The van der Waals surface area contributed by atoms with Crippen molar-refractivity contribution in [2.24, 2.45) is 0 Å². The first-order valence-corrected chi connectivity index (χ1v) is 4.05. The second kappa shape index (κ2) is 4.57. The number of halogens is 5. The summed E-state index contributed by atoms with van der Waals surface area (Å²) < 4.78 is 65.0. The molecule has 17 heavy (non-hydrogen) atoms. The molecule has 0 fully saturated rings. The van der Waals surface area contributed by atoms with E-state index in [0.29, 0.717) is 0 Å². The van der Waals surface area contributed by atoms with E-state index in [1.165, 1.54) is 0 Å². The van der Waals surface area contributed by atoms with Gasteiger partial charge in [0.1, 0.15) is 0 Å². The number of carbonyl (C=O) groups excluding carboxylic acids is 1. The summed E-state index contributed by atoms with van der Waals surface area (Å²) in [5.74, 6) is -11.8. The van der Waals surface area contributed by atoms with Crippen molar-refractivity contribution in [1.29, 1.82) is 0 Å². The topological polar surface area (TPSA) is 66.8 Å². The molecule has 0 aliphatic heterocycles. The van der Waals surface area contributed by atoms with E-state index in [4.69, 9.17) is 10.2 Å². The lowest BCUT2D eigenvalue weighted by atomic mass is 10.1. The Bertz CT molecular complexity index is 320. The molecule has 0 amide bonds. The van der Waals surface area contributed by atoms with Crippen LogP contribution in [0.5, 0.6) is 0 Å². The average Bonchev–Trinajstić information content (AvgIpc) is 2.11. The second-order valence-corrected chi connectivity index (χ2v) is 3.23. The van der Waals surface area contributed by atoms with Crippen molar-refractivity contribution in [2.75, 3.05) is 6.61 Å². The van der Waals surface area contributed by atoms with Gasteiger partial charge in [0.2, 0.25) is 0 Å². The standard InChI is InChI=1S/C8H9F5O4/c1-4(2)5(14)17-3-6(9,10)7(15,16)8(11,12)13/h15-16H,1,3H2,2H3. The van der Waals surface area contributed by atoms with Crippen molar-refractivity contribution in [3.05, 3.63) is 12.2 Å². The highest BCUT2D eigenvalue weighted by Gasteiger charge is 2.69. The fraction of sp³-hybridized carbons (Fsp3) is 0.625. The maximum absolute atomic E-state index is 12.8.